The highest BCUT2D eigenvalue weighted by atomic mass is 35.5. The highest BCUT2D eigenvalue weighted by molar-refractivity contribution is 7.37. The van der Waals surface area contributed by atoms with Crippen LogP contribution in [0, 0.1) is 0 Å². The summed E-state index contributed by atoms with van der Waals surface area (Å²) in [4.78, 5) is 8.77. The molecule has 0 saturated heterocycles. The number of hydrogen-bond acceptors (Lipinski definition) is 2. The van der Waals surface area contributed by atoms with E-state index < -0.39 is 8.03 Å². The highest BCUT2D eigenvalue weighted by Crippen LogP contribution is 2.25. The molecular weight excluding hydrogens is 233 g/mol. The Hall–Kier alpha value is -0.340. The zero-order chi connectivity index (χ0) is 11.3. The zero-order valence-corrected chi connectivity index (χ0v) is 10.1. The van der Waals surface area contributed by atoms with Gasteiger partial charge in [-0.3, -0.25) is 4.57 Å². The summed E-state index contributed by atoms with van der Waals surface area (Å²) >= 11 is 5.77. The molecule has 0 aromatic heterocycles. The molecule has 0 saturated carbocycles. The van der Waals surface area contributed by atoms with Crippen LogP contribution >= 0.6 is 19.6 Å². The van der Waals surface area contributed by atoms with Gasteiger partial charge in [0.1, 0.15) is 0 Å². The van der Waals surface area contributed by atoms with Crippen LogP contribution in [-0.2, 0) is 4.57 Å². The van der Waals surface area contributed by atoms with Crippen molar-refractivity contribution >= 4 is 19.6 Å². The van der Waals surface area contributed by atoms with Crippen LogP contribution in [0.15, 0.2) is 24.3 Å². The standard InChI is InChI=1S/C10H15ClNO2P/c11-10-3-1-8(2-4-10)9(7-12)5-6-15(13)14/h1-4,9,15H,5-7,12H2,(H,13,14). The molecule has 0 radical (unpaired) electrons. The summed E-state index contributed by atoms with van der Waals surface area (Å²) < 4.78 is 10.6. The lowest BCUT2D eigenvalue weighted by molar-refractivity contribution is 0.497. The first-order chi connectivity index (χ1) is 7.13. The molecule has 0 bridgehead atoms. The van der Waals surface area contributed by atoms with Gasteiger partial charge in [0.15, 0.2) is 8.03 Å². The summed E-state index contributed by atoms with van der Waals surface area (Å²) in [6.45, 7) is 0.483. The Morgan fingerprint density at radius 2 is 2.00 bits per heavy atom. The minimum atomic E-state index is -2.39. The van der Waals surface area contributed by atoms with Gasteiger partial charge < -0.3 is 10.6 Å². The maximum absolute atomic E-state index is 10.6. The van der Waals surface area contributed by atoms with E-state index in [9.17, 15) is 4.57 Å². The van der Waals surface area contributed by atoms with Gasteiger partial charge in [0.25, 0.3) is 0 Å². The van der Waals surface area contributed by atoms with Crippen molar-refractivity contribution in [2.45, 2.75) is 12.3 Å². The second kappa shape index (κ2) is 6.29. The number of halogens is 1. The Balaban J connectivity index is 2.65. The van der Waals surface area contributed by atoms with E-state index in [2.05, 4.69) is 0 Å². The third-order valence-corrected chi connectivity index (χ3v) is 3.30. The normalized spacial score (nSPS) is 14.9. The van der Waals surface area contributed by atoms with E-state index in [-0.39, 0.29) is 5.92 Å². The number of benzene rings is 1. The van der Waals surface area contributed by atoms with Gasteiger partial charge in [-0.1, -0.05) is 23.7 Å². The fourth-order valence-electron chi connectivity index (χ4n) is 1.45. The molecule has 5 heteroatoms. The smallest absolute Gasteiger partial charge is 0.189 e. The van der Waals surface area contributed by atoms with Crippen molar-refractivity contribution in [3.05, 3.63) is 34.9 Å². The van der Waals surface area contributed by atoms with Crippen LogP contribution in [0.1, 0.15) is 17.9 Å². The van der Waals surface area contributed by atoms with Gasteiger partial charge in [0.2, 0.25) is 0 Å². The SMILES string of the molecule is NCC(CC[PH](=O)O)c1ccc(Cl)cc1. The fourth-order valence-corrected chi connectivity index (χ4v) is 2.17. The summed E-state index contributed by atoms with van der Waals surface area (Å²) in [6.07, 6.45) is 0.974. The summed E-state index contributed by atoms with van der Waals surface area (Å²) in [5.41, 5.74) is 6.70. The van der Waals surface area contributed by atoms with Crippen LogP contribution in [0.5, 0.6) is 0 Å². The van der Waals surface area contributed by atoms with Crippen LogP contribution in [-0.4, -0.2) is 17.6 Å². The molecule has 3 N–H and O–H groups in total. The summed E-state index contributed by atoms with van der Waals surface area (Å²) in [5.74, 6) is 0.142. The molecule has 2 unspecified atom stereocenters. The van der Waals surface area contributed by atoms with E-state index in [0.29, 0.717) is 24.2 Å². The monoisotopic (exact) mass is 247 g/mol. The van der Waals surface area contributed by atoms with E-state index in [1.54, 1.807) is 0 Å². The molecule has 0 aliphatic heterocycles. The third kappa shape index (κ3) is 4.35. The Bertz CT molecular complexity index is 329. The predicted molar refractivity (Wildman–Crippen MR) is 64.0 cm³/mol. The van der Waals surface area contributed by atoms with E-state index in [1.807, 2.05) is 24.3 Å². The zero-order valence-electron chi connectivity index (χ0n) is 8.32. The summed E-state index contributed by atoms with van der Waals surface area (Å²) in [7, 11) is -2.39. The van der Waals surface area contributed by atoms with E-state index >= 15 is 0 Å². The fraction of sp³-hybridized carbons (Fsp3) is 0.400. The van der Waals surface area contributed by atoms with Crippen molar-refractivity contribution in [3.8, 4) is 0 Å². The molecule has 1 aromatic carbocycles. The van der Waals surface area contributed by atoms with Crippen LogP contribution in [0.2, 0.25) is 5.02 Å². The molecule has 2 atom stereocenters. The van der Waals surface area contributed by atoms with Gasteiger partial charge in [-0.15, -0.1) is 0 Å². The first-order valence-corrected chi connectivity index (χ1v) is 6.75. The minimum Gasteiger partial charge on any atom is -0.346 e. The van der Waals surface area contributed by atoms with Gasteiger partial charge in [-0.2, -0.15) is 0 Å². The summed E-state index contributed by atoms with van der Waals surface area (Å²) in [5, 5.41) is 0.685. The van der Waals surface area contributed by atoms with Crippen molar-refractivity contribution < 1.29 is 9.46 Å². The van der Waals surface area contributed by atoms with Crippen molar-refractivity contribution in [2.24, 2.45) is 5.73 Å². The van der Waals surface area contributed by atoms with E-state index in [1.165, 1.54) is 0 Å². The molecule has 0 aliphatic carbocycles. The molecule has 0 aliphatic rings. The van der Waals surface area contributed by atoms with E-state index in [4.69, 9.17) is 22.2 Å². The topological polar surface area (TPSA) is 63.3 Å². The molecule has 84 valence electrons. The Morgan fingerprint density at radius 1 is 1.40 bits per heavy atom. The van der Waals surface area contributed by atoms with Crippen LogP contribution in [0.4, 0.5) is 0 Å². The summed E-state index contributed by atoms with van der Waals surface area (Å²) in [6, 6.07) is 7.44. The van der Waals surface area contributed by atoms with E-state index in [0.717, 1.165) is 5.56 Å². The van der Waals surface area contributed by atoms with Crippen molar-refractivity contribution in [1.82, 2.24) is 0 Å². The lowest BCUT2D eigenvalue weighted by Gasteiger charge is -2.14. The maximum atomic E-state index is 10.6. The molecule has 0 amide bonds. The second-order valence-electron chi connectivity index (χ2n) is 3.42. The molecule has 3 nitrogen and oxygen atoms in total. The van der Waals surface area contributed by atoms with Gasteiger partial charge in [-0.05, 0) is 36.6 Å². The Kier molecular flexibility index (Phi) is 5.34. The van der Waals surface area contributed by atoms with Crippen LogP contribution < -0.4 is 5.73 Å². The van der Waals surface area contributed by atoms with Gasteiger partial charge >= 0.3 is 0 Å². The largest absolute Gasteiger partial charge is 0.346 e. The molecule has 1 rings (SSSR count). The molecule has 0 heterocycles. The first-order valence-electron chi connectivity index (χ1n) is 4.81. The van der Waals surface area contributed by atoms with Gasteiger partial charge in [0.05, 0.1) is 0 Å². The molecule has 15 heavy (non-hydrogen) atoms. The highest BCUT2D eigenvalue weighted by Gasteiger charge is 2.10. The average molecular weight is 248 g/mol. The predicted octanol–water partition coefficient (Wildman–Crippen LogP) is 2.24. The maximum Gasteiger partial charge on any atom is 0.189 e. The lowest BCUT2D eigenvalue weighted by Crippen LogP contribution is -2.13. The van der Waals surface area contributed by atoms with Crippen molar-refractivity contribution in [3.63, 3.8) is 0 Å². The third-order valence-electron chi connectivity index (χ3n) is 2.33. The average Bonchev–Trinajstić information content (AvgIpc) is 2.21. The van der Waals surface area contributed by atoms with Crippen molar-refractivity contribution in [2.75, 3.05) is 12.7 Å². The number of hydrogen-bond donors (Lipinski definition) is 2. The number of nitrogens with two attached hydrogens (primary N) is 1. The van der Waals surface area contributed by atoms with Gasteiger partial charge in [0, 0.05) is 11.2 Å². The second-order valence-corrected chi connectivity index (χ2v) is 5.14. The molecule has 0 fully saturated rings. The Labute approximate surface area is 95.1 Å². The first kappa shape index (κ1) is 12.7. The number of rotatable bonds is 5. The van der Waals surface area contributed by atoms with Crippen LogP contribution in [0.3, 0.4) is 0 Å². The lowest BCUT2D eigenvalue weighted by atomic mass is 9.97. The Morgan fingerprint density at radius 3 is 2.47 bits per heavy atom. The van der Waals surface area contributed by atoms with Gasteiger partial charge in [-0.25, -0.2) is 0 Å². The minimum absolute atomic E-state index is 0.142. The molecular formula is C10H15ClNO2P. The van der Waals surface area contributed by atoms with Crippen molar-refractivity contribution in [1.29, 1.82) is 0 Å². The molecule has 0 spiro atoms. The van der Waals surface area contributed by atoms with Crippen LogP contribution in [0.25, 0.3) is 0 Å². The molecule has 1 aromatic rings. The quantitative estimate of drug-likeness (QED) is 0.785.